The summed E-state index contributed by atoms with van der Waals surface area (Å²) >= 11 is 0. The molecule has 0 aromatic carbocycles. The topological polar surface area (TPSA) is 80.5 Å². The Morgan fingerprint density at radius 3 is 2.72 bits per heavy atom. The summed E-state index contributed by atoms with van der Waals surface area (Å²) in [5.74, 6) is 0.194. The highest BCUT2D eigenvalue weighted by molar-refractivity contribution is 5.76. The van der Waals surface area contributed by atoms with Gasteiger partial charge < -0.3 is 10.3 Å². The summed E-state index contributed by atoms with van der Waals surface area (Å²) in [5.41, 5.74) is 7.70. The molecule has 0 spiro atoms. The lowest BCUT2D eigenvalue weighted by molar-refractivity contribution is 0.343. The van der Waals surface area contributed by atoms with E-state index in [1.54, 1.807) is 6.20 Å². The molecule has 0 saturated carbocycles. The first-order chi connectivity index (χ1) is 8.44. The highest BCUT2D eigenvalue weighted by atomic mass is 15.1. The average molecular weight is 243 g/mol. The standard InChI is InChI=1S/C13H17N5/c1-13(2,3)8-18-10(5-14)4-9-7-16-11(6-15)17-12(9)18/h4,7H,5,8,14H2,1-3H3. The average Bonchev–Trinajstić information content (AvgIpc) is 2.64. The molecule has 0 saturated heterocycles. The summed E-state index contributed by atoms with van der Waals surface area (Å²) in [6, 6.07) is 3.96. The summed E-state index contributed by atoms with van der Waals surface area (Å²) in [6.45, 7) is 7.74. The van der Waals surface area contributed by atoms with Gasteiger partial charge in [-0.15, -0.1) is 0 Å². The molecule has 2 aromatic heterocycles. The minimum Gasteiger partial charge on any atom is -0.328 e. The van der Waals surface area contributed by atoms with E-state index in [0.717, 1.165) is 23.3 Å². The number of rotatable bonds is 2. The fraction of sp³-hybridized carbons (Fsp3) is 0.462. The van der Waals surface area contributed by atoms with E-state index in [9.17, 15) is 0 Å². The summed E-state index contributed by atoms with van der Waals surface area (Å²) in [6.07, 6.45) is 1.68. The van der Waals surface area contributed by atoms with E-state index in [4.69, 9.17) is 11.0 Å². The molecular formula is C13H17N5. The number of hydrogen-bond donors (Lipinski definition) is 1. The molecule has 5 nitrogen and oxygen atoms in total. The van der Waals surface area contributed by atoms with E-state index < -0.39 is 0 Å². The van der Waals surface area contributed by atoms with Crippen molar-refractivity contribution in [3.63, 3.8) is 0 Å². The first-order valence-electron chi connectivity index (χ1n) is 5.90. The molecule has 0 aliphatic heterocycles. The van der Waals surface area contributed by atoms with Crippen molar-refractivity contribution in [2.45, 2.75) is 33.9 Å². The van der Waals surface area contributed by atoms with Gasteiger partial charge in [0.2, 0.25) is 5.82 Å². The van der Waals surface area contributed by atoms with Crippen molar-refractivity contribution >= 4 is 11.0 Å². The van der Waals surface area contributed by atoms with Crippen molar-refractivity contribution in [2.75, 3.05) is 0 Å². The zero-order chi connectivity index (χ0) is 13.3. The summed E-state index contributed by atoms with van der Waals surface area (Å²) in [4.78, 5) is 8.27. The lowest BCUT2D eigenvalue weighted by Gasteiger charge is -2.21. The Kier molecular flexibility index (Phi) is 3.05. The number of nitriles is 1. The second-order valence-electron chi connectivity index (χ2n) is 5.57. The Balaban J connectivity index is 2.63. The predicted octanol–water partition coefficient (Wildman–Crippen LogP) is 1.81. The van der Waals surface area contributed by atoms with Gasteiger partial charge in [-0.1, -0.05) is 20.8 Å². The SMILES string of the molecule is CC(C)(C)Cn1c(CN)cc2cnc(C#N)nc21. The van der Waals surface area contributed by atoms with Gasteiger partial charge in [0.05, 0.1) is 0 Å². The molecule has 94 valence electrons. The molecule has 2 heterocycles. The lowest BCUT2D eigenvalue weighted by Crippen LogP contribution is -2.18. The van der Waals surface area contributed by atoms with Crippen molar-refractivity contribution in [3.05, 3.63) is 23.8 Å². The molecule has 0 amide bonds. The fourth-order valence-electron chi connectivity index (χ4n) is 1.97. The largest absolute Gasteiger partial charge is 0.328 e. The van der Waals surface area contributed by atoms with Gasteiger partial charge in [-0.25, -0.2) is 9.97 Å². The molecule has 2 rings (SSSR count). The van der Waals surface area contributed by atoms with Crippen LogP contribution in [0.5, 0.6) is 0 Å². The van der Waals surface area contributed by atoms with E-state index in [-0.39, 0.29) is 11.2 Å². The highest BCUT2D eigenvalue weighted by Gasteiger charge is 2.17. The monoisotopic (exact) mass is 243 g/mol. The van der Waals surface area contributed by atoms with E-state index in [1.165, 1.54) is 0 Å². The zero-order valence-corrected chi connectivity index (χ0v) is 10.9. The van der Waals surface area contributed by atoms with Gasteiger partial charge in [-0.05, 0) is 11.5 Å². The van der Waals surface area contributed by atoms with Crippen LogP contribution >= 0.6 is 0 Å². The van der Waals surface area contributed by atoms with Gasteiger partial charge in [-0.3, -0.25) is 0 Å². The molecule has 2 N–H and O–H groups in total. The van der Waals surface area contributed by atoms with Crippen LogP contribution < -0.4 is 5.73 Å². The van der Waals surface area contributed by atoms with E-state index in [1.807, 2.05) is 12.1 Å². The lowest BCUT2D eigenvalue weighted by atomic mass is 9.97. The van der Waals surface area contributed by atoms with E-state index >= 15 is 0 Å². The normalized spacial score (nSPS) is 11.7. The first kappa shape index (κ1) is 12.5. The Labute approximate surface area is 106 Å². The Bertz CT molecular complexity index is 613. The van der Waals surface area contributed by atoms with Crippen molar-refractivity contribution in [3.8, 4) is 6.07 Å². The van der Waals surface area contributed by atoms with Crippen LogP contribution in [-0.2, 0) is 13.1 Å². The van der Waals surface area contributed by atoms with Crippen LogP contribution in [0.25, 0.3) is 11.0 Å². The quantitative estimate of drug-likeness (QED) is 0.872. The Hall–Kier alpha value is -1.93. The van der Waals surface area contributed by atoms with Crippen LogP contribution in [0.2, 0.25) is 0 Å². The Morgan fingerprint density at radius 1 is 1.44 bits per heavy atom. The van der Waals surface area contributed by atoms with Crippen LogP contribution in [0.15, 0.2) is 12.3 Å². The van der Waals surface area contributed by atoms with Gasteiger partial charge in [0.1, 0.15) is 11.7 Å². The van der Waals surface area contributed by atoms with Crippen molar-refractivity contribution in [1.82, 2.24) is 14.5 Å². The molecular weight excluding hydrogens is 226 g/mol. The first-order valence-corrected chi connectivity index (χ1v) is 5.90. The van der Waals surface area contributed by atoms with Gasteiger partial charge in [0.25, 0.3) is 0 Å². The number of fused-ring (bicyclic) bond motifs is 1. The summed E-state index contributed by atoms with van der Waals surface area (Å²) in [7, 11) is 0. The van der Waals surface area contributed by atoms with Gasteiger partial charge in [0, 0.05) is 30.4 Å². The summed E-state index contributed by atoms with van der Waals surface area (Å²) < 4.78 is 2.08. The maximum Gasteiger partial charge on any atom is 0.234 e. The molecule has 0 radical (unpaired) electrons. The third-order valence-corrected chi connectivity index (χ3v) is 2.66. The number of nitrogens with two attached hydrogens (primary N) is 1. The maximum atomic E-state index is 8.88. The third-order valence-electron chi connectivity index (χ3n) is 2.66. The van der Waals surface area contributed by atoms with Crippen LogP contribution in [0.4, 0.5) is 0 Å². The number of nitrogens with zero attached hydrogens (tertiary/aromatic N) is 4. The molecule has 2 aromatic rings. The molecule has 5 heteroatoms. The number of hydrogen-bond acceptors (Lipinski definition) is 4. The van der Waals surface area contributed by atoms with Gasteiger partial charge in [-0.2, -0.15) is 5.26 Å². The molecule has 0 atom stereocenters. The van der Waals surface area contributed by atoms with Crippen molar-refractivity contribution in [1.29, 1.82) is 5.26 Å². The van der Waals surface area contributed by atoms with Gasteiger partial charge in [0.15, 0.2) is 0 Å². The molecule has 0 fully saturated rings. The summed E-state index contributed by atoms with van der Waals surface area (Å²) in [5, 5.41) is 9.80. The van der Waals surface area contributed by atoms with Crippen LogP contribution in [-0.4, -0.2) is 14.5 Å². The second-order valence-corrected chi connectivity index (χ2v) is 5.57. The van der Waals surface area contributed by atoms with Crippen molar-refractivity contribution in [2.24, 2.45) is 11.1 Å². The third kappa shape index (κ3) is 2.34. The molecule has 0 aliphatic rings. The second kappa shape index (κ2) is 4.39. The van der Waals surface area contributed by atoms with E-state index in [2.05, 4.69) is 35.3 Å². The minimum absolute atomic E-state index is 0.119. The Morgan fingerprint density at radius 2 is 2.17 bits per heavy atom. The van der Waals surface area contributed by atoms with Crippen LogP contribution in [0.1, 0.15) is 32.3 Å². The smallest absolute Gasteiger partial charge is 0.234 e. The molecule has 0 bridgehead atoms. The van der Waals surface area contributed by atoms with E-state index in [0.29, 0.717) is 6.54 Å². The predicted molar refractivity (Wildman–Crippen MR) is 69.6 cm³/mol. The molecule has 0 aliphatic carbocycles. The zero-order valence-electron chi connectivity index (χ0n) is 10.9. The maximum absolute atomic E-state index is 8.88. The molecule has 0 unspecified atom stereocenters. The van der Waals surface area contributed by atoms with Gasteiger partial charge >= 0.3 is 0 Å². The number of aromatic nitrogens is 3. The fourth-order valence-corrected chi connectivity index (χ4v) is 1.97. The minimum atomic E-state index is 0.119. The van der Waals surface area contributed by atoms with Crippen LogP contribution in [0.3, 0.4) is 0 Å². The molecule has 18 heavy (non-hydrogen) atoms. The highest BCUT2D eigenvalue weighted by Crippen LogP contribution is 2.23. The van der Waals surface area contributed by atoms with Crippen LogP contribution in [0, 0.1) is 16.7 Å². The van der Waals surface area contributed by atoms with Crippen molar-refractivity contribution < 1.29 is 0 Å².